The highest BCUT2D eigenvalue weighted by atomic mass is 32.2. The first-order valence-corrected chi connectivity index (χ1v) is 19.2. The van der Waals surface area contributed by atoms with Crippen molar-refractivity contribution in [3.05, 3.63) is 53.6 Å². The Hall–Kier alpha value is -2.95. The van der Waals surface area contributed by atoms with E-state index in [4.69, 9.17) is 14.2 Å². The molecule has 264 valence electrons. The molecule has 3 heterocycles. The van der Waals surface area contributed by atoms with Crippen LogP contribution in [-0.2, 0) is 30.7 Å². The van der Waals surface area contributed by atoms with Crippen LogP contribution in [0.25, 0.3) is 10.2 Å². The fourth-order valence-electron chi connectivity index (χ4n) is 7.97. The van der Waals surface area contributed by atoms with Crippen molar-refractivity contribution in [1.29, 1.82) is 0 Å². The maximum atomic E-state index is 14.2. The molecule has 1 amide bonds. The number of aliphatic hydroxyl groups is 1. The summed E-state index contributed by atoms with van der Waals surface area (Å²) in [6, 6.07) is 6.99. The summed E-state index contributed by atoms with van der Waals surface area (Å²) in [4.78, 5) is 18.1. The van der Waals surface area contributed by atoms with Gasteiger partial charge in [0.2, 0.25) is 10.0 Å². The molecule has 3 aliphatic carbocycles. The molecule has 15 heteroatoms. The normalized spacial score (nSPS) is 29.7. The van der Waals surface area contributed by atoms with Crippen LogP contribution in [-0.4, -0.2) is 85.3 Å². The van der Waals surface area contributed by atoms with E-state index in [2.05, 4.69) is 15.6 Å². The molecule has 2 bridgehead atoms. The van der Waals surface area contributed by atoms with Crippen LogP contribution < -0.4 is 10.6 Å². The largest absolute Gasteiger partial charge is 0.443 e. The lowest BCUT2D eigenvalue weighted by Gasteiger charge is -2.33. The minimum Gasteiger partial charge on any atom is -0.443 e. The average Bonchev–Trinajstić information content (AvgIpc) is 3.85. The van der Waals surface area contributed by atoms with E-state index in [1.807, 2.05) is 13.8 Å². The van der Waals surface area contributed by atoms with E-state index in [1.54, 1.807) is 12.1 Å². The Balaban J connectivity index is 1.02. The number of nitrogens with one attached hydrogen (secondary N) is 2. The topological polar surface area (TPSA) is 139 Å². The number of fused-ring (bicyclic) bond motifs is 2. The van der Waals surface area contributed by atoms with Gasteiger partial charge in [0.25, 0.3) is 0 Å². The van der Waals surface area contributed by atoms with Crippen LogP contribution in [0.15, 0.2) is 41.3 Å². The molecule has 1 aromatic heterocycles. The van der Waals surface area contributed by atoms with Gasteiger partial charge < -0.3 is 30.0 Å². The quantitative estimate of drug-likeness (QED) is 0.231. The molecule has 3 saturated carbocycles. The number of sulfonamides is 1. The summed E-state index contributed by atoms with van der Waals surface area (Å²) in [5, 5.41) is 18.4. The first-order valence-electron chi connectivity index (χ1n) is 16.9. The molecule has 5 aliphatic rings. The number of carbonyl (C=O) groups excluding carboxylic acids is 1. The first kappa shape index (κ1) is 33.2. The van der Waals surface area contributed by atoms with Gasteiger partial charge in [-0.2, -0.15) is 4.31 Å². The number of rotatable bonds is 13. The fraction of sp³-hybridized carbons (Fsp3) is 0.588. The Kier molecular flexibility index (Phi) is 8.39. The predicted octanol–water partition coefficient (Wildman–Crippen LogP) is 4.64. The number of halogens is 2. The molecule has 5 fully saturated rings. The van der Waals surface area contributed by atoms with Gasteiger partial charge in [0.05, 0.1) is 40.0 Å². The van der Waals surface area contributed by atoms with Crippen LogP contribution in [0.3, 0.4) is 0 Å². The standard InChI is InChI=1S/C34H40F2N4O7S2/c1-17(2)14-40(49(43,44)22-5-6-25-29(11-22)48-32(38-25)37-21-3-4-21)15-27(41)26(9-18-7-19(35)10-20(36)8-18)39-33(42)47-30-24-13-34(24)16-45-31-23(34)12-28(30)46-31/h5-8,10-11,17,21,23-24,26-28,30-31,41H,3-4,9,12-16H2,1-2H3,(H,37,38)(H,39,42)/t23?,24?,26-,27+,28?,30?,31?,34?/m0/s1. The SMILES string of the molecule is CC(C)CN(C[C@@H](O)[C@H](Cc1cc(F)cc(F)c1)NC(=O)OC1C2CC3C(OCC34CC14)O2)S(=O)(=O)c1ccc2nc(NC3CC3)sc2c1. The highest BCUT2D eigenvalue weighted by Gasteiger charge is 2.75. The van der Waals surface area contributed by atoms with Crippen LogP contribution in [0, 0.1) is 34.8 Å². The molecule has 11 nitrogen and oxygen atoms in total. The molecular weight excluding hydrogens is 679 g/mol. The fourth-order valence-corrected chi connectivity index (χ4v) is 10.7. The Morgan fingerprint density at radius 3 is 2.67 bits per heavy atom. The van der Waals surface area contributed by atoms with E-state index in [1.165, 1.54) is 21.7 Å². The van der Waals surface area contributed by atoms with Gasteiger partial charge in [-0.15, -0.1) is 0 Å². The van der Waals surface area contributed by atoms with Gasteiger partial charge in [0, 0.05) is 42.4 Å². The monoisotopic (exact) mass is 718 g/mol. The maximum absolute atomic E-state index is 14.2. The number of alkyl carbamates (subject to hydrolysis) is 1. The Morgan fingerprint density at radius 2 is 1.94 bits per heavy atom. The summed E-state index contributed by atoms with van der Waals surface area (Å²) in [6.45, 7) is 3.99. The van der Waals surface area contributed by atoms with Gasteiger partial charge in [0.15, 0.2) is 11.4 Å². The second kappa shape index (κ2) is 12.4. The molecule has 3 N–H and O–H groups in total. The third-order valence-electron chi connectivity index (χ3n) is 10.6. The molecule has 49 heavy (non-hydrogen) atoms. The van der Waals surface area contributed by atoms with Crippen LogP contribution in [0.2, 0.25) is 0 Å². The van der Waals surface area contributed by atoms with Gasteiger partial charge in [-0.25, -0.2) is 27.0 Å². The predicted molar refractivity (Wildman–Crippen MR) is 176 cm³/mol. The second-order valence-corrected chi connectivity index (χ2v) is 17.7. The van der Waals surface area contributed by atoms with Crippen LogP contribution in [0.4, 0.5) is 18.7 Å². The van der Waals surface area contributed by atoms with Crippen molar-refractivity contribution < 1.29 is 41.3 Å². The second-order valence-electron chi connectivity index (χ2n) is 14.7. The smallest absolute Gasteiger partial charge is 0.407 e. The molecule has 1 spiro atoms. The zero-order valence-electron chi connectivity index (χ0n) is 27.2. The summed E-state index contributed by atoms with van der Waals surface area (Å²) in [7, 11) is -4.13. The Labute approximate surface area is 287 Å². The molecule has 2 aliphatic heterocycles. The molecule has 0 radical (unpaired) electrons. The van der Waals surface area contributed by atoms with Gasteiger partial charge in [-0.3, -0.25) is 0 Å². The van der Waals surface area contributed by atoms with Crippen molar-refractivity contribution in [3.8, 4) is 0 Å². The Morgan fingerprint density at radius 1 is 1.16 bits per heavy atom. The highest BCUT2D eigenvalue weighted by molar-refractivity contribution is 7.89. The zero-order valence-corrected chi connectivity index (χ0v) is 28.8. The van der Waals surface area contributed by atoms with E-state index in [0.29, 0.717) is 28.8 Å². The molecule has 2 saturated heterocycles. The van der Waals surface area contributed by atoms with E-state index in [0.717, 1.165) is 49.0 Å². The molecule has 6 unspecified atom stereocenters. The van der Waals surface area contributed by atoms with Crippen molar-refractivity contribution in [2.75, 3.05) is 25.0 Å². The van der Waals surface area contributed by atoms with Gasteiger partial charge in [0.1, 0.15) is 17.7 Å². The van der Waals surface area contributed by atoms with E-state index >= 15 is 0 Å². The number of benzene rings is 2. The number of hydrogen-bond acceptors (Lipinski definition) is 10. The molecule has 8 atom stereocenters. The molecular formula is C34H40F2N4O7S2. The number of amides is 1. The number of ether oxygens (including phenoxy) is 3. The average molecular weight is 719 g/mol. The van der Waals surface area contributed by atoms with Crippen LogP contribution >= 0.6 is 11.3 Å². The number of anilines is 1. The zero-order chi connectivity index (χ0) is 34.2. The maximum Gasteiger partial charge on any atom is 0.407 e. The minimum absolute atomic E-state index is 0.0379. The molecule has 3 aromatic rings. The summed E-state index contributed by atoms with van der Waals surface area (Å²) in [5.74, 6) is -1.32. The van der Waals surface area contributed by atoms with Crippen molar-refractivity contribution in [1.82, 2.24) is 14.6 Å². The van der Waals surface area contributed by atoms with Crippen molar-refractivity contribution >= 4 is 42.8 Å². The van der Waals surface area contributed by atoms with Crippen LogP contribution in [0.5, 0.6) is 0 Å². The van der Waals surface area contributed by atoms with Crippen molar-refractivity contribution in [2.24, 2.45) is 23.2 Å². The van der Waals surface area contributed by atoms with Crippen molar-refractivity contribution in [2.45, 2.75) is 87.5 Å². The van der Waals surface area contributed by atoms with Gasteiger partial charge in [-0.05, 0) is 73.9 Å². The number of nitrogens with zero attached hydrogens (tertiary/aromatic N) is 2. The number of aliphatic hydroxyl groups excluding tert-OH is 1. The van der Waals surface area contributed by atoms with Crippen LogP contribution in [0.1, 0.15) is 45.1 Å². The number of hydrogen-bond donors (Lipinski definition) is 3. The lowest BCUT2D eigenvalue weighted by atomic mass is 9.79. The minimum atomic E-state index is -4.13. The molecule has 8 rings (SSSR count). The summed E-state index contributed by atoms with van der Waals surface area (Å²) in [6.07, 6.45) is 0.242. The first-order chi connectivity index (χ1) is 23.4. The number of carbonyl (C=O) groups is 1. The van der Waals surface area contributed by atoms with E-state index < -0.39 is 46.0 Å². The summed E-state index contributed by atoms with van der Waals surface area (Å²) < 4.78 is 76.3. The third kappa shape index (κ3) is 6.42. The van der Waals surface area contributed by atoms with E-state index in [-0.39, 0.29) is 59.6 Å². The Bertz CT molecular complexity index is 1850. The van der Waals surface area contributed by atoms with Crippen molar-refractivity contribution in [3.63, 3.8) is 0 Å². The molecule has 2 aromatic carbocycles. The van der Waals surface area contributed by atoms with Gasteiger partial charge in [-0.1, -0.05) is 25.2 Å². The number of aromatic nitrogens is 1. The highest BCUT2D eigenvalue weighted by Crippen LogP contribution is 2.71. The number of thiazole rings is 1. The third-order valence-corrected chi connectivity index (χ3v) is 13.3. The summed E-state index contributed by atoms with van der Waals surface area (Å²) >= 11 is 1.38. The van der Waals surface area contributed by atoms with Gasteiger partial charge >= 0.3 is 6.09 Å². The lowest BCUT2D eigenvalue weighted by molar-refractivity contribution is -0.149. The van der Waals surface area contributed by atoms with E-state index in [9.17, 15) is 27.1 Å². The summed E-state index contributed by atoms with van der Waals surface area (Å²) in [5.41, 5.74) is 0.826. The lowest BCUT2D eigenvalue weighted by Crippen LogP contribution is -2.52.